The van der Waals surface area contributed by atoms with Gasteiger partial charge in [0.25, 0.3) is 0 Å². The third-order valence-electron chi connectivity index (χ3n) is 10.9. The van der Waals surface area contributed by atoms with E-state index in [0.717, 1.165) is 44.0 Å². The largest absolute Gasteiger partial charge is 0.481 e. The van der Waals surface area contributed by atoms with Crippen molar-refractivity contribution in [2.75, 3.05) is 0 Å². The summed E-state index contributed by atoms with van der Waals surface area (Å²) in [5.74, 6) is 0.690. The van der Waals surface area contributed by atoms with Crippen LogP contribution in [0.25, 0.3) is 0 Å². The van der Waals surface area contributed by atoms with Gasteiger partial charge in [-0.2, -0.15) is 0 Å². The standard InChI is InChI=1S/C27H40O4/c1-16(2)22-12-19-13-25(15-28)21-10-9-17(3)20(21)14-26(19,27(22,25)24(30)31)23(29)11-18-7-5-4-6-8-18/h12,15-21,23,29H,4-11,13-14H2,1-3H3,(H,30,31)/t17-,19?,20-,21-,23?,25?,26?,27?/m1/s1. The molecule has 0 heterocycles. The monoisotopic (exact) mass is 428 g/mol. The van der Waals surface area contributed by atoms with E-state index in [2.05, 4.69) is 26.8 Å². The van der Waals surface area contributed by atoms with Crippen LogP contribution >= 0.6 is 0 Å². The molecular formula is C27H40O4. The molecule has 0 amide bonds. The SMILES string of the molecule is CC(C)C1=CC2CC3(C=O)[C@@H]4CC[C@@H](C)[C@H]4CC2(C(O)CC2CCCCC2)C13C(=O)O. The van der Waals surface area contributed by atoms with E-state index in [1.54, 1.807) is 0 Å². The second kappa shape index (κ2) is 7.17. The maximum absolute atomic E-state index is 13.4. The minimum atomic E-state index is -1.24. The third kappa shape index (κ3) is 2.41. The molecule has 172 valence electrons. The molecule has 0 aliphatic heterocycles. The maximum Gasteiger partial charge on any atom is 0.315 e. The number of aliphatic hydroxyl groups is 1. The average Bonchev–Trinajstić information content (AvgIpc) is 3.32. The van der Waals surface area contributed by atoms with Gasteiger partial charge in [-0.15, -0.1) is 0 Å². The summed E-state index contributed by atoms with van der Waals surface area (Å²) < 4.78 is 0. The van der Waals surface area contributed by atoms with Crippen LogP contribution in [0.2, 0.25) is 0 Å². The zero-order valence-electron chi connectivity index (χ0n) is 19.5. The zero-order valence-corrected chi connectivity index (χ0v) is 19.5. The van der Waals surface area contributed by atoms with Crippen LogP contribution in [0.1, 0.15) is 85.0 Å². The fourth-order valence-electron chi connectivity index (χ4n) is 9.82. The van der Waals surface area contributed by atoms with E-state index in [0.29, 0.717) is 30.6 Å². The summed E-state index contributed by atoms with van der Waals surface area (Å²) >= 11 is 0. The Morgan fingerprint density at radius 1 is 1.16 bits per heavy atom. The lowest BCUT2D eigenvalue weighted by atomic mass is 9.41. The first-order valence-electron chi connectivity index (χ1n) is 12.9. The normalized spacial score (nSPS) is 47.3. The van der Waals surface area contributed by atoms with E-state index >= 15 is 0 Å². The number of carboxylic acids is 1. The molecule has 5 aliphatic rings. The van der Waals surface area contributed by atoms with Crippen LogP contribution in [-0.2, 0) is 9.59 Å². The number of aldehydes is 1. The van der Waals surface area contributed by atoms with Gasteiger partial charge in [0.15, 0.2) is 0 Å². The number of carbonyl (C=O) groups is 2. The highest BCUT2D eigenvalue weighted by Gasteiger charge is 2.85. The third-order valence-corrected chi connectivity index (χ3v) is 10.9. The van der Waals surface area contributed by atoms with Crippen molar-refractivity contribution in [3.63, 3.8) is 0 Å². The fourth-order valence-corrected chi connectivity index (χ4v) is 9.82. The molecule has 0 saturated heterocycles. The lowest BCUT2D eigenvalue weighted by Crippen LogP contribution is -2.65. The van der Waals surface area contributed by atoms with E-state index in [4.69, 9.17) is 0 Å². The number of aliphatic hydroxyl groups excluding tert-OH is 1. The summed E-state index contributed by atoms with van der Waals surface area (Å²) in [5.41, 5.74) is -1.89. The Hall–Kier alpha value is -1.16. The molecule has 5 unspecified atom stereocenters. The summed E-state index contributed by atoms with van der Waals surface area (Å²) in [5, 5.41) is 23.0. The molecule has 4 fully saturated rings. The second-order valence-corrected chi connectivity index (χ2v) is 12.1. The number of carbonyl (C=O) groups excluding carboxylic acids is 1. The van der Waals surface area contributed by atoms with E-state index < -0.39 is 28.3 Å². The molecule has 0 spiro atoms. The number of fused-ring (bicyclic) bond motifs is 2. The number of aliphatic carboxylic acids is 1. The van der Waals surface area contributed by atoms with Crippen LogP contribution in [0.3, 0.4) is 0 Å². The molecule has 5 rings (SSSR count). The molecule has 4 heteroatoms. The van der Waals surface area contributed by atoms with Gasteiger partial charge < -0.3 is 15.0 Å². The lowest BCUT2D eigenvalue weighted by molar-refractivity contribution is -0.195. The van der Waals surface area contributed by atoms with Gasteiger partial charge in [0.1, 0.15) is 11.7 Å². The highest BCUT2D eigenvalue weighted by atomic mass is 16.4. The zero-order chi connectivity index (χ0) is 22.2. The van der Waals surface area contributed by atoms with Crippen LogP contribution in [0, 0.1) is 51.8 Å². The molecule has 0 aromatic carbocycles. The molecule has 0 aromatic rings. The topological polar surface area (TPSA) is 74.6 Å². The Bertz CT molecular complexity index is 795. The van der Waals surface area contributed by atoms with E-state index in [-0.39, 0.29) is 17.8 Å². The Morgan fingerprint density at radius 3 is 2.48 bits per heavy atom. The van der Waals surface area contributed by atoms with Crippen molar-refractivity contribution in [3.8, 4) is 0 Å². The maximum atomic E-state index is 13.4. The van der Waals surface area contributed by atoms with Gasteiger partial charge in [0, 0.05) is 5.41 Å². The number of hydrogen-bond donors (Lipinski definition) is 2. The van der Waals surface area contributed by atoms with Gasteiger partial charge in [0.05, 0.1) is 11.5 Å². The number of rotatable bonds is 6. The van der Waals surface area contributed by atoms with Crippen molar-refractivity contribution < 1.29 is 19.8 Å². The first-order chi connectivity index (χ1) is 14.8. The van der Waals surface area contributed by atoms with E-state index in [1.165, 1.54) is 19.3 Å². The van der Waals surface area contributed by atoms with Gasteiger partial charge in [-0.25, -0.2) is 0 Å². The molecular weight excluding hydrogens is 388 g/mol. The Labute approximate surface area is 186 Å². The number of carboxylic acid groups (broad SMARTS) is 1. The van der Waals surface area contributed by atoms with Crippen LogP contribution in [0.15, 0.2) is 11.6 Å². The van der Waals surface area contributed by atoms with Crippen molar-refractivity contribution in [1.82, 2.24) is 0 Å². The van der Waals surface area contributed by atoms with E-state index in [9.17, 15) is 19.8 Å². The van der Waals surface area contributed by atoms with Crippen LogP contribution in [-0.4, -0.2) is 28.6 Å². The van der Waals surface area contributed by atoms with Crippen molar-refractivity contribution in [1.29, 1.82) is 0 Å². The van der Waals surface area contributed by atoms with Gasteiger partial charge in [-0.05, 0) is 61.2 Å². The van der Waals surface area contributed by atoms with Crippen molar-refractivity contribution >= 4 is 12.3 Å². The minimum Gasteiger partial charge on any atom is -0.481 e. The molecule has 31 heavy (non-hydrogen) atoms. The molecule has 5 aliphatic carbocycles. The molecule has 4 saturated carbocycles. The quantitative estimate of drug-likeness (QED) is 0.448. The molecule has 4 nitrogen and oxygen atoms in total. The van der Waals surface area contributed by atoms with Crippen molar-refractivity contribution in [3.05, 3.63) is 11.6 Å². The Balaban J connectivity index is 1.68. The van der Waals surface area contributed by atoms with Gasteiger partial charge >= 0.3 is 5.97 Å². The summed E-state index contributed by atoms with van der Waals surface area (Å²) in [7, 11) is 0. The van der Waals surface area contributed by atoms with Crippen LogP contribution < -0.4 is 0 Å². The molecule has 0 aromatic heterocycles. The highest BCUT2D eigenvalue weighted by Crippen LogP contribution is 2.83. The molecule has 0 radical (unpaired) electrons. The smallest absolute Gasteiger partial charge is 0.315 e. The summed E-state index contributed by atoms with van der Waals surface area (Å²) in [6.45, 7) is 6.42. The summed E-state index contributed by atoms with van der Waals surface area (Å²) in [6, 6.07) is 0. The first kappa shape index (κ1) is 21.7. The first-order valence-corrected chi connectivity index (χ1v) is 12.9. The molecule has 8 atom stereocenters. The van der Waals surface area contributed by atoms with Crippen LogP contribution in [0.5, 0.6) is 0 Å². The molecule has 2 N–H and O–H groups in total. The van der Waals surface area contributed by atoms with Crippen molar-refractivity contribution in [2.45, 2.75) is 91.1 Å². The fraction of sp³-hybridized carbons (Fsp3) is 0.852. The van der Waals surface area contributed by atoms with Crippen LogP contribution in [0.4, 0.5) is 0 Å². The Kier molecular flexibility index (Phi) is 5.01. The van der Waals surface area contributed by atoms with Crippen molar-refractivity contribution in [2.24, 2.45) is 51.8 Å². The highest BCUT2D eigenvalue weighted by molar-refractivity contribution is 5.90. The van der Waals surface area contributed by atoms with E-state index in [1.807, 2.05) is 0 Å². The Morgan fingerprint density at radius 2 is 1.87 bits per heavy atom. The summed E-state index contributed by atoms with van der Waals surface area (Å²) in [6.07, 6.45) is 12.7. The van der Waals surface area contributed by atoms with Gasteiger partial charge in [-0.3, -0.25) is 4.79 Å². The second-order valence-electron chi connectivity index (χ2n) is 12.1. The lowest BCUT2D eigenvalue weighted by Gasteiger charge is -2.60. The predicted octanol–water partition coefficient (Wildman–Crippen LogP) is 5.24. The molecule has 4 bridgehead atoms. The predicted molar refractivity (Wildman–Crippen MR) is 119 cm³/mol. The number of hydrogen-bond acceptors (Lipinski definition) is 3. The van der Waals surface area contributed by atoms with Gasteiger partial charge in [0.2, 0.25) is 0 Å². The minimum absolute atomic E-state index is 0.00240. The summed E-state index contributed by atoms with van der Waals surface area (Å²) in [4.78, 5) is 26.5. The van der Waals surface area contributed by atoms with Gasteiger partial charge in [-0.1, -0.05) is 70.9 Å². The average molecular weight is 429 g/mol. The number of allylic oxidation sites excluding steroid dienone is 1.